The fraction of sp³-hybridized carbons (Fsp3) is 0.500. The molecule has 2 aliphatic rings. The number of morpholine rings is 1. The number of carbonyl (C=O) groups excluding carboxylic acids is 2. The van der Waals surface area contributed by atoms with Crippen LogP contribution < -0.4 is 0 Å². The number of rotatable bonds is 2. The summed E-state index contributed by atoms with van der Waals surface area (Å²) in [6.07, 6.45) is 0.899. The quantitative estimate of drug-likeness (QED) is 0.827. The van der Waals surface area contributed by atoms with Crippen LogP contribution in [0.5, 0.6) is 0 Å². The van der Waals surface area contributed by atoms with Gasteiger partial charge in [0.15, 0.2) is 5.78 Å². The van der Waals surface area contributed by atoms with E-state index in [0.717, 1.165) is 16.7 Å². The molecule has 0 bridgehead atoms. The standard InChI is InChI=1S/C16H19NO3/c1-11-2-3-13-12(9-15(18)14(13)8-11)10-16(19)17-4-6-20-7-5-17/h2-3,8,12H,4-7,9-10H2,1H3. The monoisotopic (exact) mass is 273 g/mol. The Morgan fingerprint density at radius 2 is 2.10 bits per heavy atom. The van der Waals surface area contributed by atoms with Crippen LogP contribution in [0.2, 0.25) is 0 Å². The summed E-state index contributed by atoms with van der Waals surface area (Å²) in [4.78, 5) is 26.2. The number of aryl methyl sites for hydroxylation is 1. The summed E-state index contributed by atoms with van der Waals surface area (Å²) in [5, 5.41) is 0. The van der Waals surface area contributed by atoms with E-state index >= 15 is 0 Å². The molecule has 4 heteroatoms. The molecule has 20 heavy (non-hydrogen) atoms. The van der Waals surface area contributed by atoms with Crippen LogP contribution in [0.25, 0.3) is 0 Å². The molecule has 1 aromatic rings. The molecule has 1 aliphatic carbocycles. The van der Waals surface area contributed by atoms with Gasteiger partial charge in [-0.1, -0.05) is 17.7 Å². The van der Waals surface area contributed by atoms with Gasteiger partial charge in [0.2, 0.25) is 5.91 Å². The highest BCUT2D eigenvalue weighted by Crippen LogP contribution is 2.36. The molecule has 0 spiro atoms. The van der Waals surface area contributed by atoms with Crippen molar-refractivity contribution in [3.63, 3.8) is 0 Å². The first-order chi connectivity index (χ1) is 9.65. The van der Waals surface area contributed by atoms with E-state index in [2.05, 4.69) is 0 Å². The van der Waals surface area contributed by atoms with Crippen LogP contribution in [0.1, 0.15) is 40.2 Å². The first-order valence-corrected chi connectivity index (χ1v) is 7.14. The van der Waals surface area contributed by atoms with Gasteiger partial charge < -0.3 is 9.64 Å². The number of nitrogens with zero attached hydrogens (tertiary/aromatic N) is 1. The number of hydrogen-bond donors (Lipinski definition) is 0. The van der Waals surface area contributed by atoms with Crippen molar-refractivity contribution in [1.82, 2.24) is 4.90 Å². The molecule has 106 valence electrons. The van der Waals surface area contributed by atoms with Gasteiger partial charge in [0.25, 0.3) is 0 Å². The summed E-state index contributed by atoms with van der Waals surface area (Å²) < 4.78 is 5.26. The van der Waals surface area contributed by atoms with Gasteiger partial charge in [-0.05, 0) is 18.6 Å². The fourth-order valence-electron chi connectivity index (χ4n) is 3.05. The third-order valence-electron chi connectivity index (χ3n) is 4.17. The Morgan fingerprint density at radius 3 is 2.85 bits per heavy atom. The highest BCUT2D eigenvalue weighted by atomic mass is 16.5. The van der Waals surface area contributed by atoms with E-state index in [1.807, 2.05) is 30.0 Å². The maximum atomic E-state index is 12.3. The summed E-state index contributed by atoms with van der Waals surface area (Å²) in [6, 6.07) is 5.97. The minimum atomic E-state index is 0.0495. The average molecular weight is 273 g/mol. The normalized spacial score (nSPS) is 21.9. The summed E-state index contributed by atoms with van der Waals surface area (Å²) in [6.45, 7) is 4.55. The Hall–Kier alpha value is -1.68. The Morgan fingerprint density at radius 1 is 1.35 bits per heavy atom. The van der Waals surface area contributed by atoms with Crippen molar-refractivity contribution in [3.8, 4) is 0 Å². The van der Waals surface area contributed by atoms with Crippen LogP contribution in [0, 0.1) is 6.92 Å². The highest BCUT2D eigenvalue weighted by Gasteiger charge is 2.32. The second-order valence-corrected chi connectivity index (χ2v) is 5.61. The van der Waals surface area contributed by atoms with Crippen LogP contribution in [0.15, 0.2) is 18.2 Å². The largest absolute Gasteiger partial charge is 0.378 e. The van der Waals surface area contributed by atoms with Gasteiger partial charge in [-0.25, -0.2) is 0 Å². The van der Waals surface area contributed by atoms with E-state index in [0.29, 0.717) is 39.1 Å². The molecule has 0 aromatic heterocycles. The minimum absolute atomic E-state index is 0.0495. The topological polar surface area (TPSA) is 46.6 Å². The number of carbonyl (C=O) groups is 2. The molecule has 1 aromatic carbocycles. The molecule has 1 fully saturated rings. The molecule has 4 nitrogen and oxygen atoms in total. The average Bonchev–Trinajstić information content (AvgIpc) is 2.76. The van der Waals surface area contributed by atoms with Gasteiger partial charge in [0.1, 0.15) is 0 Å². The van der Waals surface area contributed by atoms with Crippen molar-refractivity contribution < 1.29 is 14.3 Å². The SMILES string of the molecule is Cc1ccc2c(c1)C(=O)CC2CC(=O)N1CCOCC1. The van der Waals surface area contributed by atoms with Crippen molar-refractivity contribution >= 4 is 11.7 Å². The third-order valence-corrected chi connectivity index (χ3v) is 4.17. The van der Waals surface area contributed by atoms with Gasteiger partial charge in [0.05, 0.1) is 13.2 Å². The molecule has 1 unspecified atom stereocenters. The molecule has 0 N–H and O–H groups in total. The van der Waals surface area contributed by atoms with Gasteiger partial charge in [0, 0.05) is 37.4 Å². The van der Waals surface area contributed by atoms with Crippen molar-refractivity contribution in [1.29, 1.82) is 0 Å². The first-order valence-electron chi connectivity index (χ1n) is 7.14. The van der Waals surface area contributed by atoms with Gasteiger partial charge in [-0.15, -0.1) is 0 Å². The molecular weight excluding hydrogens is 254 g/mol. The Kier molecular flexibility index (Phi) is 3.57. The summed E-state index contributed by atoms with van der Waals surface area (Å²) in [5.41, 5.74) is 2.95. The van der Waals surface area contributed by atoms with Crippen LogP contribution in [0.3, 0.4) is 0 Å². The zero-order valence-corrected chi connectivity index (χ0v) is 11.7. The van der Waals surface area contributed by atoms with Crippen molar-refractivity contribution in [2.75, 3.05) is 26.3 Å². The Bertz CT molecular complexity index is 547. The minimum Gasteiger partial charge on any atom is -0.378 e. The van der Waals surface area contributed by atoms with Crippen LogP contribution >= 0.6 is 0 Å². The lowest BCUT2D eigenvalue weighted by Crippen LogP contribution is -2.41. The zero-order chi connectivity index (χ0) is 14.1. The number of ketones is 1. The molecule has 1 saturated heterocycles. The summed E-state index contributed by atoms with van der Waals surface area (Å²) in [7, 11) is 0. The maximum absolute atomic E-state index is 12.3. The van der Waals surface area contributed by atoms with Crippen LogP contribution in [-0.4, -0.2) is 42.9 Å². The lowest BCUT2D eigenvalue weighted by atomic mass is 9.96. The molecule has 1 amide bonds. The van der Waals surface area contributed by atoms with E-state index in [-0.39, 0.29) is 17.6 Å². The number of hydrogen-bond acceptors (Lipinski definition) is 3. The molecule has 0 saturated carbocycles. The van der Waals surface area contributed by atoms with Gasteiger partial charge >= 0.3 is 0 Å². The van der Waals surface area contributed by atoms with Crippen molar-refractivity contribution in [3.05, 3.63) is 34.9 Å². The second kappa shape index (κ2) is 5.37. The van der Waals surface area contributed by atoms with Crippen molar-refractivity contribution in [2.24, 2.45) is 0 Å². The fourth-order valence-corrected chi connectivity index (χ4v) is 3.05. The van der Waals surface area contributed by atoms with Gasteiger partial charge in [-0.2, -0.15) is 0 Å². The van der Waals surface area contributed by atoms with E-state index in [1.54, 1.807) is 0 Å². The van der Waals surface area contributed by atoms with Crippen LogP contribution in [0.4, 0.5) is 0 Å². The second-order valence-electron chi connectivity index (χ2n) is 5.61. The van der Waals surface area contributed by atoms with E-state index in [4.69, 9.17) is 4.74 Å². The van der Waals surface area contributed by atoms with Gasteiger partial charge in [-0.3, -0.25) is 9.59 Å². The van der Waals surface area contributed by atoms with Crippen molar-refractivity contribution in [2.45, 2.75) is 25.7 Å². The van der Waals surface area contributed by atoms with Crippen LogP contribution in [-0.2, 0) is 9.53 Å². The summed E-state index contributed by atoms with van der Waals surface area (Å²) >= 11 is 0. The number of Topliss-reactive ketones (excluding diaryl/α,β-unsaturated/α-hetero) is 1. The zero-order valence-electron chi connectivity index (χ0n) is 11.7. The molecule has 3 rings (SSSR count). The lowest BCUT2D eigenvalue weighted by Gasteiger charge is -2.27. The molecular formula is C16H19NO3. The Labute approximate surface area is 118 Å². The lowest BCUT2D eigenvalue weighted by molar-refractivity contribution is -0.135. The maximum Gasteiger partial charge on any atom is 0.223 e. The highest BCUT2D eigenvalue weighted by molar-refractivity contribution is 6.02. The molecule has 1 heterocycles. The van der Waals surface area contributed by atoms with E-state index in [9.17, 15) is 9.59 Å². The number of fused-ring (bicyclic) bond motifs is 1. The summed E-state index contributed by atoms with van der Waals surface area (Å²) in [5.74, 6) is 0.358. The van der Waals surface area contributed by atoms with E-state index in [1.165, 1.54) is 0 Å². The predicted octanol–water partition coefficient (Wildman–Crippen LogP) is 1.91. The number of amides is 1. The number of ether oxygens (including phenoxy) is 1. The third kappa shape index (κ3) is 2.48. The molecule has 1 atom stereocenters. The predicted molar refractivity (Wildman–Crippen MR) is 74.9 cm³/mol. The smallest absolute Gasteiger partial charge is 0.223 e. The molecule has 0 radical (unpaired) electrons. The Balaban J connectivity index is 1.73. The first kappa shape index (κ1) is 13.3. The van der Waals surface area contributed by atoms with E-state index < -0.39 is 0 Å². The molecule has 1 aliphatic heterocycles. The number of benzene rings is 1.